The van der Waals surface area contributed by atoms with Gasteiger partial charge in [-0.05, 0) is 17.7 Å². The fourth-order valence-electron chi connectivity index (χ4n) is 1.81. The van der Waals surface area contributed by atoms with Crippen LogP contribution in [-0.2, 0) is 26.7 Å². The van der Waals surface area contributed by atoms with Crippen LogP contribution in [0, 0.1) is 0 Å². The molecule has 1 aliphatic heterocycles. The van der Waals surface area contributed by atoms with E-state index in [1.54, 1.807) is 6.07 Å². The summed E-state index contributed by atoms with van der Waals surface area (Å²) < 4.78 is 37.4. The first-order valence-electron chi connectivity index (χ1n) is 5.64. The van der Waals surface area contributed by atoms with Crippen molar-refractivity contribution in [2.45, 2.75) is 10.8 Å². The number of hydrogen-bond donors (Lipinski definition) is 0. The van der Waals surface area contributed by atoms with Gasteiger partial charge in [-0.3, -0.25) is 4.21 Å². The van der Waals surface area contributed by atoms with E-state index in [4.69, 9.17) is 23.2 Å². The Labute approximate surface area is 125 Å². The minimum Gasteiger partial charge on any atom is -0.259 e. The molecular weight excluding hydrogens is 329 g/mol. The summed E-state index contributed by atoms with van der Waals surface area (Å²) in [6.45, 7) is 0.563. The largest absolute Gasteiger partial charge is 0.259 e. The van der Waals surface area contributed by atoms with Crippen molar-refractivity contribution < 1.29 is 12.6 Å². The second-order valence-electron chi connectivity index (χ2n) is 4.14. The van der Waals surface area contributed by atoms with Crippen molar-refractivity contribution in [1.82, 2.24) is 4.31 Å². The fourth-order valence-corrected chi connectivity index (χ4v) is 5.17. The molecule has 0 radical (unpaired) electrons. The lowest BCUT2D eigenvalue weighted by atomic mass is 10.2. The SMILES string of the molecule is O=S1CCN(S(=O)(=O)c2ccc(CCl)c(Cl)c2)CC1. The highest BCUT2D eigenvalue weighted by molar-refractivity contribution is 7.89. The van der Waals surface area contributed by atoms with Crippen LogP contribution in [0.5, 0.6) is 0 Å². The summed E-state index contributed by atoms with van der Waals surface area (Å²) in [7, 11) is -4.47. The Hall–Kier alpha value is -0.140. The average Bonchev–Trinajstić information content (AvgIpc) is 2.39. The van der Waals surface area contributed by atoms with E-state index in [2.05, 4.69) is 0 Å². The number of hydrogen-bond acceptors (Lipinski definition) is 3. The predicted molar refractivity (Wildman–Crippen MR) is 77.6 cm³/mol. The van der Waals surface area contributed by atoms with Crippen LogP contribution in [0.25, 0.3) is 0 Å². The van der Waals surface area contributed by atoms with Gasteiger partial charge in [-0.15, -0.1) is 11.6 Å². The molecule has 0 atom stereocenters. The van der Waals surface area contributed by atoms with Gasteiger partial charge >= 0.3 is 0 Å². The van der Waals surface area contributed by atoms with E-state index in [0.717, 1.165) is 0 Å². The lowest BCUT2D eigenvalue weighted by Gasteiger charge is -2.25. The van der Waals surface area contributed by atoms with Crippen molar-refractivity contribution in [1.29, 1.82) is 0 Å². The number of rotatable bonds is 3. The molecule has 1 aromatic rings. The van der Waals surface area contributed by atoms with Crippen LogP contribution in [0.2, 0.25) is 5.02 Å². The Morgan fingerprint density at radius 2 is 1.89 bits per heavy atom. The maximum atomic E-state index is 12.4. The van der Waals surface area contributed by atoms with Gasteiger partial charge in [0.25, 0.3) is 0 Å². The molecule has 106 valence electrons. The zero-order chi connectivity index (χ0) is 14.0. The molecule has 0 aliphatic carbocycles. The Bertz CT molecular complexity index is 594. The summed E-state index contributed by atoms with van der Waals surface area (Å²) in [4.78, 5) is 0.152. The van der Waals surface area contributed by atoms with Crippen molar-refractivity contribution in [3.05, 3.63) is 28.8 Å². The highest BCUT2D eigenvalue weighted by Crippen LogP contribution is 2.25. The van der Waals surface area contributed by atoms with Crippen molar-refractivity contribution in [2.24, 2.45) is 0 Å². The lowest BCUT2D eigenvalue weighted by molar-refractivity contribution is 0.438. The first kappa shape index (κ1) is 15.3. The van der Waals surface area contributed by atoms with Crippen molar-refractivity contribution in [3.8, 4) is 0 Å². The number of nitrogens with zero attached hydrogens (tertiary/aromatic N) is 1. The van der Waals surface area contributed by atoms with E-state index in [1.165, 1.54) is 16.4 Å². The first-order chi connectivity index (χ1) is 8.95. The molecule has 0 unspecified atom stereocenters. The second-order valence-corrected chi connectivity index (χ2v) is 8.45. The van der Waals surface area contributed by atoms with Gasteiger partial charge in [-0.25, -0.2) is 8.42 Å². The molecular formula is C11H13Cl2NO3S2. The van der Waals surface area contributed by atoms with Crippen LogP contribution in [0.15, 0.2) is 23.1 Å². The highest BCUT2D eigenvalue weighted by Gasteiger charge is 2.28. The molecule has 1 heterocycles. The van der Waals surface area contributed by atoms with Crippen LogP contribution < -0.4 is 0 Å². The summed E-state index contributed by atoms with van der Waals surface area (Å²) in [6, 6.07) is 4.54. The standard InChI is InChI=1S/C11H13Cl2NO3S2/c12-8-9-1-2-10(7-11(9)13)19(16,17)14-3-5-18(15)6-4-14/h1-2,7H,3-6,8H2. The molecule has 8 heteroatoms. The van der Waals surface area contributed by atoms with Crippen LogP contribution >= 0.6 is 23.2 Å². The molecule has 1 saturated heterocycles. The van der Waals surface area contributed by atoms with Gasteiger partial charge in [-0.2, -0.15) is 4.31 Å². The van der Waals surface area contributed by atoms with E-state index in [1.807, 2.05) is 0 Å². The normalized spacial score (nSPS) is 18.6. The monoisotopic (exact) mass is 341 g/mol. The molecule has 0 aromatic heterocycles. The number of alkyl halides is 1. The fraction of sp³-hybridized carbons (Fsp3) is 0.455. The topological polar surface area (TPSA) is 54.5 Å². The van der Waals surface area contributed by atoms with E-state index in [-0.39, 0.29) is 23.9 Å². The Kier molecular flexibility index (Phi) is 4.89. The Morgan fingerprint density at radius 3 is 2.42 bits per heavy atom. The minimum absolute atomic E-state index is 0.152. The third kappa shape index (κ3) is 3.31. The van der Waals surface area contributed by atoms with Gasteiger partial charge < -0.3 is 0 Å². The van der Waals surface area contributed by atoms with E-state index < -0.39 is 20.8 Å². The molecule has 1 fully saturated rings. The smallest absolute Gasteiger partial charge is 0.243 e. The third-order valence-electron chi connectivity index (χ3n) is 2.94. The molecule has 0 saturated carbocycles. The van der Waals surface area contributed by atoms with Crippen LogP contribution in [0.3, 0.4) is 0 Å². The van der Waals surface area contributed by atoms with Gasteiger partial charge in [0.15, 0.2) is 0 Å². The molecule has 0 amide bonds. The van der Waals surface area contributed by atoms with Crippen LogP contribution in [0.4, 0.5) is 0 Å². The van der Waals surface area contributed by atoms with Gasteiger partial charge in [-0.1, -0.05) is 17.7 Å². The minimum atomic E-state index is -3.56. The average molecular weight is 342 g/mol. The van der Waals surface area contributed by atoms with Crippen molar-refractivity contribution in [2.75, 3.05) is 24.6 Å². The van der Waals surface area contributed by atoms with Crippen molar-refractivity contribution in [3.63, 3.8) is 0 Å². The van der Waals surface area contributed by atoms with Gasteiger partial charge in [0.1, 0.15) is 0 Å². The predicted octanol–water partition coefficient (Wildman–Crippen LogP) is 1.83. The van der Waals surface area contributed by atoms with Crippen LogP contribution in [-0.4, -0.2) is 41.5 Å². The number of benzene rings is 1. The summed E-state index contributed by atoms with van der Waals surface area (Å²) in [5, 5.41) is 0.344. The van der Waals surface area contributed by atoms with Crippen molar-refractivity contribution >= 4 is 44.0 Å². The third-order valence-corrected chi connectivity index (χ3v) is 6.75. The maximum absolute atomic E-state index is 12.4. The van der Waals surface area contributed by atoms with Gasteiger partial charge in [0.2, 0.25) is 10.0 Å². The van der Waals surface area contributed by atoms with Gasteiger partial charge in [0, 0.05) is 46.3 Å². The Morgan fingerprint density at radius 1 is 1.26 bits per heavy atom. The van der Waals surface area contributed by atoms with E-state index >= 15 is 0 Å². The molecule has 0 spiro atoms. The van der Waals surface area contributed by atoms with E-state index in [9.17, 15) is 12.6 Å². The molecule has 0 N–H and O–H groups in total. The summed E-state index contributed by atoms with van der Waals surface area (Å²) in [5.41, 5.74) is 0.696. The first-order valence-corrected chi connectivity index (χ1v) is 9.48. The molecule has 1 aromatic carbocycles. The highest BCUT2D eigenvalue weighted by atomic mass is 35.5. The summed E-state index contributed by atoms with van der Waals surface area (Å²) >= 11 is 11.7. The second kappa shape index (κ2) is 6.10. The quantitative estimate of drug-likeness (QED) is 0.788. The van der Waals surface area contributed by atoms with Crippen LogP contribution in [0.1, 0.15) is 5.56 Å². The summed E-state index contributed by atoms with van der Waals surface area (Å²) in [6.07, 6.45) is 0. The van der Waals surface area contributed by atoms with E-state index in [0.29, 0.717) is 22.1 Å². The zero-order valence-corrected chi connectivity index (χ0v) is 13.2. The number of halogens is 2. The molecule has 0 bridgehead atoms. The molecule has 19 heavy (non-hydrogen) atoms. The molecule has 4 nitrogen and oxygen atoms in total. The van der Waals surface area contributed by atoms with Gasteiger partial charge in [0.05, 0.1) is 4.90 Å². The Balaban J connectivity index is 2.29. The lowest BCUT2D eigenvalue weighted by Crippen LogP contribution is -2.41. The number of sulfonamides is 1. The molecule has 2 rings (SSSR count). The summed E-state index contributed by atoms with van der Waals surface area (Å²) in [5.74, 6) is 1.00. The molecule has 1 aliphatic rings. The zero-order valence-electron chi connectivity index (χ0n) is 10.0. The maximum Gasteiger partial charge on any atom is 0.243 e.